The number of hydrogen-bond donors (Lipinski definition) is 1. The number of aromatic carboxylic acids is 1. The minimum atomic E-state index is -1.17. The van der Waals surface area contributed by atoms with Gasteiger partial charge in [-0.25, -0.2) is 14.5 Å². The molecule has 2 rings (SSSR count). The second kappa shape index (κ2) is 4.00. The van der Waals surface area contributed by atoms with E-state index in [1.54, 1.807) is 0 Å². The lowest BCUT2D eigenvalue weighted by atomic mass is 10.3. The van der Waals surface area contributed by atoms with Gasteiger partial charge in [0.2, 0.25) is 0 Å². The molecule has 0 aliphatic rings. The maximum Gasteiger partial charge on any atom is 0.354 e. The van der Waals surface area contributed by atoms with Crippen LogP contribution >= 0.6 is 0 Å². The van der Waals surface area contributed by atoms with Crippen LogP contribution in [0.3, 0.4) is 0 Å². The largest absolute Gasteiger partial charge is 0.477 e. The summed E-state index contributed by atoms with van der Waals surface area (Å²) in [6.45, 7) is 0. The van der Waals surface area contributed by atoms with Gasteiger partial charge >= 0.3 is 11.7 Å². The van der Waals surface area contributed by atoms with E-state index in [1.807, 2.05) is 0 Å². The summed E-state index contributed by atoms with van der Waals surface area (Å²) >= 11 is 0. The number of nitrogens with zero attached hydrogens (tertiary/aromatic N) is 4. The van der Waals surface area contributed by atoms with Crippen molar-refractivity contribution in [1.82, 2.24) is 14.8 Å². The van der Waals surface area contributed by atoms with E-state index < -0.39 is 10.9 Å². The van der Waals surface area contributed by atoms with E-state index in [2.05, 4.69) is 10.1 Å². The minimum Gasteiger partial charge on any atom is -0.477 e. The van der Waals surface area contributed by atoms with E-state index in [0.717, 1.165) is 6.20 Å². The van der Waals surface area contributed by atoms with Crippen LogP contribution in [0, 0.1) is 10.1 Å². The van der Waals surface area contributed by atoms with Crippen molar-refractivity contribution in [3.05, 3.63) is 46.5 Å². The minimum absolute atomic E-state index is 0.152. The monoisotopic (exact) mass is 234 g/mol. The molecular weight excluding hydrogens is 228 g/mol. The molecular formula is C9H6N4O4. The van der Waals surface area contributed by atoms with Crippen molar-refractivity contribution in [2.75, 3.05) is 0 Å². The van der Waals surface area contributed by atoms with E-state index >= 15 is 0 Å². The third kappa shape index (κ3) is 2.09. The van der Waals surface area contributed by atoms with Crippen LogP contribution in [0.4, 0.5) is 5.69 Å². The topological polar surface area (TPSA) is 111 Å². The van der Waals surface area contributed by atoms with Gasteiger partial charge in [-0.3, -0.25) is 10.1 Å². The third-order valence-corrected chi connectivity index (χ3v) is 2.01. The van der Waals surface area contributed by atoms with Gasteiger partial charge in [0.1, 0.15) is 18.1 Å². The van der Waals surface area contributed by atoms with Crippen molar-refractivity contribution >= 4 is 11.7 Å². The van der Waals surface area contributed by atoms with Crippen molar-refractivity contribution in [3.63, 3.8) is 0 Å². The summed E-state index contributed by atoms with van der Waals surface area (Å²) < 4.78 is 1.21. The van der Waals surface area contributed by atoms with Crippen LogP contribution < -0.4 is 0 Å². The Morgan fingerprint density at radius 3 is 2.88 bits per heavy atom. The first kappa shape index (κ1) is 10.7. The smallest absolute Gasteiger partial charge is 0.354 e. The van der Waals surface area contributed by atoms with E-state index in [4.69, 9.17) is 5.11 Å². The molecule has 86 valence electrons. The van der Waals surface area contributed by atoms with Gasteiger partial charge < -0.3 is 5.11 Å². The molecule has 0 bridgehead atoms. The average Bonchev–Trinajstić information content (AvgIpc) is 2.78. The van der Waals surface area contributed by atoms with Gasteiger partial charge in [-0.05, 0) is 12.1 Å². The van der Waals surface area contributed by atoms with Crippen LogP contribution in [0.15, 0.2) is 30.7 Å². The third-order valence-electron chi connectivity index (χ3n) is 2.01. The van der Waals surface area contributed by atoms with Crippen molar-refractivity contribution in [2.45, 2.75) is 0 Å². The van der Waals surface area contributed by atoms with Crippen molar-refractivity contribution in [1.29, 1.82) is 0 Å². The summed E-state index contributed by atoms with van der Waals surface area (Å²) in [7, 11) is 0. The molecule has 2 heterocycles. The number of carboxylic acid groups (broad SMARTS) is 1. The molecule has 0 aliphatic heterocycles. The number of rotatable bonds is 3. The highest BCUT2D eigenvalue weighted by Crippen LogP contribution is 2.13. The molecule has 1 N–H and O–H groups in total. The number of pyridine rings is 1. The maximum atomic E-state index is 10.7. The van der Waals surface area contributed by atoms with Crippen molar-refractivity contribution in [2.24, 2.45) is 0 Å². The second-order valence-corrected chi connectivity index (χ2v) is 3.10. The van der Waals surface area contributed by atoms with Gasteiger partial charge in [-0.2, -0.15) is 5.10 Å². The Morgan fingerprint density at radius 1 is 1.53 bits per heavy atom. The summed E-state index contributed by atoms with van der Waals surface area (Å²) in [5, 5.41) is 23.0. The Labute approximate surface area is 94.3 Å². The summed E-state index contributed by atoms with van der Waals surface area (Å²) in [4.78, 5) is 24.2. The molecule has 0 fully saturated rings. The van der Waals surface area contributed by atoms with Crippen LogP contribution in [0.5, 0.6) is 0 Å². The molecule has 0 amide bonds. The SMILES string of the molecule is O=C(O)c1cc(-n2cc([N+](=O)[O-])cn2)ccn1. The summed E-state index contributed by atoms with van der Waals surface area (Å²) in [5.74, 6) is -1.17. The van der Waals surface area contributed by atoms with Crippen LogP contribution in [0.25, 0.3) is 5.69 Å². The molecule has 8 heteroatoms. The number of hydrogen-bond acceptors (Lipinski definition) is 5. The van der Waals surface area contributed by atoms with Crippen molar-refractivity contribution in [3.8, 4) is 5.69 Å². The van der Waals surface area contributed by atoms with Gasteiger partial charge in [-0.15, -0.1) is 0 Å². The number of carboxylic acids is 1. The van der Waals surface area contributed by atoms with E-state index in [0.29, 0.717) is 5.69 Å². The molecule has 2 aromatic heterocycles. The molecule has 0 aromatic carbocycles. The number of nitro groups is 1. The van der Waals surface area contributed by atoms with Gasteiger partial charge in [0.05, 0.1) is 10.6 Å². The fourth-order valence-corrected chi connectivity index (χ4v) is 1.23. The first-order valence-corrected chi connectivity index (χ1v) is 4.47. The summed E-state index contributed by atoms with van der Waals surface area (Å²) in [5.41, 5.74) is 0.0739. The van der Waals surface area contributed by atoms with E-state index in [9.17, 15) is 14.9 Å². The summed E-state index contributed by atoms with van der Waals surface area (Å²) in [6, 6.07) is 2.78. The Balaban J connectivity index is 2.42. The van der Waals surface area contributed by atoms with Crippen LogP contribution in [-0.2, 0) is 0 Å². The van der Waals surface area contributed by atoms with Gasteiger partial charge in [0, 0.05) is 6.20 Å². The zero-order chi connectivity index (χ0) is 12.4. The predicted molar refractivity (Wildman–Crippen MR) is 55.0 cm³/mol. The first-order chi connectivity index (χ1) is 8.08. The van der Waals surface area contributed by atoms with Crippen LogP contribution in [0.2, 0.25) is 0 Å². The zero-order valence-corrected chi connectivity index (χ0v) is 8.35. The van der Waals surface area contributed by atoms with E-state index in [-0.39, 0.29) is 11.4 Å². The molecule has 17 heavy (non-hydrogen) atoms. The average molecular weight is 234 g/mol. The Bertz CT molecular complexity index is 592. The fraction of sp³-hybridized carbons (Fsp3) is 0. The highest BCUT2D eigenvalue weighted by molar-refractivity contribution is 5.85. The zero-order valence-electron chi connectivity index (χ0n) is 8.35. The lowest BCUT2D eigenvalue weighted by Crippen LogP contribution is -2.02. The standard InChI is InChI=1S/C9H6N4O4/c14-9(15)8-3-6(1-2-10-8)12-5-7(4-11-12)13(16)17/h1-5H,(H,14,15). The van der Waals surface area contributed by atoms with Crippen LogP contribution in [0.1, 0.15) is 10.5 Å². The quantitative estimate of drug-likeness (QED) is 0.623. The fourth-order valence-electron chi connectivity index (χ4n) is 1.23. The predicted octanol–water partition coefficient (Wildman–Crippen LogP) is 0.874. The number of carbonyl (C=O) groups is 1. The molecule has 0 saturated heterocycles. The number of aromatic nitrogens is 3. The van der Waals surface area contributed by atoms with E-state index in [1.165, 1.54) is 29.2 Å². The lowest BCUT2D eigenvalue weighted by molar-refractivity contribution is -0.384. The molecule has 8 nitrogen and oxygen atoms in total. The Hall–Kier alpha value is -2.77. The molecule has 0 spiro atoms. The second-order valence-electron chi connectivity index (χ2n) is 3.10. The molecule has 0 saturated carbocycles. The maximum absolute atomic E-state index is 10.7. The van der Waals surface area contributed by atoms with Crippen molar-refractivity contribution < 1.29 is 14.8 Å². The Kier molecular flexibility index (Phi) is 2.53. The van der Waals surface area contributed by atoms with Gasteiger partial charge in [0.25, 0.3) is 0 Å². The normalized spacial score (nSPS) is 10.1. The van der Waals surface area contributed by atoms with Gasteiger partial charge in [0.15, 0.2) is 0 Å². The molecule has 0 radical (unpaired) electrons. The molecule has 0 atom stereocenters. The highest BCUT2D eigenvalue weighted by Gasteiger charge is 2.11. The molecule has 0 unspecified atom stereocenters. The van der Waals surface area contributed by atoms with Gasteiger partial charge in [-0.1, -0.05) is 0 Å². The van der Waals surface area contributed by atoms with Crippen LogP contribution in [-0.4, -0.2) is 30.8 Å². The first-order valence-electron chi connectivity index (χ1n) is 4.47. The molecule has 2 aromatic rings. The summed E-state index contributed by atoms with van der Waals surface area (Å²) in [6.07, 6.45) is 3.58. The molecule has 0 aliphatic carbocycles. The highest BCUT2D eigenvalue weighted by atomic mass is 16.6. The lowest BCUT2D eigenvalue weighted by Gasteiger charge is -2.00. The Morgan fingerprint density at radius 2 is 2.29 bits per heavy atom.